The number of piperazine rings is 1. The Morgan fingerprint density at radius 3 is 2.52 bits per heavy atom. The molecular weight excluding hydrogens is 508 g/mol. The summed E-state index contributed by atoms with van der Waals surface area (Å²) in [6.45, 7) is 8.21. The lowest BCUT2D eigenvalue weighted by molar-refractivity contribution is 0.0687. The molecule has 0 aliphatic carbocycles. The number of nitrogens with one attached hydrogen (secondary N) is 1. The summed E-state index contributed by atoms with van der Waals surface area (Å²) >= 11 is 0. The molecule has 0 unspecified atom stereocenters. The van der Waals surface area contributed by atoms with Gasteiger partial charge in [0.1, 0.15) is 0 Å². The van der Waals surface area contributed by atoms with Crippen LogP contribution in [-0.4, -0.2) is 75.1 Å². The third-order valence-electron chi connectivity index (χ3n) is 7.98. The molecule has 3 heterocycles. The average Bonchev–Trinajstić information content (AvgIpc) is 3.66. The van der Waals surface area contributed by atoms with Crippen molar-refractivity contribution in [1.82, 2.24) is 15.1 Å². The Labute approximate surface area is 235 Å². The zero-order chi connectivity index (χ0) is 28.1. The van der Waals surface area contributed by atoms with Gasteiger partial charge in [0.05, 0.1) is 26.5 Å². The highest BCUT2D eigenvalue weighted by atomic mass is 16.5. The molecule has 3 aromatic rings. The highest BCUT2D eigenvalue weighted by molar-refractivity contribution is 6.00. The molecule has 1 saturated heterocycles. The Kier molecular flexibility index (Phi) is 8.60. The van der Waals surface area contributed by atoms with Gasteiger partial charge in [-0.05, 0) is 61.3 Å². The molecule has 0 radical (unpaired) electrons. The number of carbonyl (C=O) groups excluding carboxylic acids is 2. The van der Waals surface area contributed by atoms with Crippen LogP contribution in [0.25, 0.3) is 0 Å². The van der Waals surface area contributed by atoms with E-state index in [2.05, 4.69) is 28.1 Å². The van der Waals surface area contributed by atoms with E-state index >= 15 is 0 Å². The zero-order valence-corrected chi connectivity index (χ0v) is 23.5. The molecule has 1 fully saturated rings. The summed E-state index contributed by atoms with van der Waals surface area (Å²) in [6.07, 6.45) is 2.83. The molecule has 5 rings (SSSR count). The number of ether oxygens (including phenoxy) is 2. The van der Waals surface area contributed by atoms with Crippen molar-refractivity contribution < 1.29 is 23.5 Å². The lowest BCUT2D eigenvalue weighted by Gasteiger charge is -2.36. The van der Waals surface area contributed by atoms with E-state index in [1.165, 1.54) is 6.26 Å². The molecule has 2 aromatic carbocycles. The summed E-state index contributed by atoms with van der Waals surface area (Å²) < 4.78 is 16.2. The maximum Gasteiger partial charge on any atom is 0.286 e. The van der Waals surface area contributed by atoms with E-state index in [0.717, 1.165) is 55.1 Å². The van der Waals surface area contributed by atoms with Crippen LogP contribution in [0.4, 0.5) is 5.69 Å². The highest BCUT2D eigenvalue weighted by Gasteiger charge is 2.36. The third-order valence-corrected chi connectivity index (χ3v) is 7.98. The van der Waals surface area contributed by atoms with Gasteiger partial charge in [-0.15, -0.1) is 0 Å². The van der Waals surface area contributed by atoms with Gasteiger partial charge in [0.2, 0.25) is 0 Å². The number of hydrogen-bond donors (Lipinski definition) is 1. The number of rotatable bonds is 11. The highest BCUT2D eigenvalue weighted by Crippen LogP contribution is 2.40. The minimum atomic E-state index is -0.245. The van der Waals surface area contributed by atoms with Crippen molar-refractivity contribution in [1.29, 1.82) is 0 Å². The predicted octanol–water partition coefficient (Wildman–Crippen LogP) is 4.35. The van der Waals surface area contributed by atoms with Gasteiger partial charge >= 0.3 is 0 Å². The number of hydrogen-bond acceptors (Lipinski definition) is 7. The van der Waals surface area contributed by atoms with Crippen molar-refractivity contribution in [3.05, 3.63) is 77.2 Å². The summed E-state index contributed by atoms with van der Waals surface area (Å²) in [7, 11) is 3.22. The second kappa shape index (κ2) is 12.5. The Morgan fingerprint density at radius 2 is 1.82 bits per heavy atom. The summed E-state index contributed by atoms with van der Waals surface area (Å²) in [5, 5.41) is 2.92. The van der Waals surface area contributed by atoms with E-state index in [1.807, 2.05) is 35.2 Å². The number of fused-ring (bicyclic) bond motifs is 1. The van der Waals surface area contributed by atoms with Crippen molar-refractivity contribution in [2.45, 2.75) is 32.4 Å². The summed E-state index contributed by atoms with van der Waals surface area (Å²) in [4.78, 5) is 33.1. The molecule has 1 aromatic heterocycles. The first-order chi connectivity index (χ1) is 19.5. The Morgan fingerprint density at radius 1 is 1.02 bits per heavy atom. The quantitative estimate of drug-likeness (QED) is 0.358. The largest absolute Gasteiger partial charge is 0.493 e. The second-order valence-corrected chi connectivity index (χ2v) is 10.2. The van der Waals surface area contributed by atoms with Gasteiger partial charge < -0.3 is 33.9 Å². The van der Waals surface area contributed by atoms with Gasteiger partial charge in [0, 0.05) is 56.1 Å². The molecule has 0 spiro atoms. The van der Waals surface area contributed by atoms with Crippen LogP contribution in [0, 0.1) is 0 Å². The number of furan rings is 1. The van der Waals surface area contributed by atoms with Crippen LogP contribution in [0.15, 0.2) is 59.2 Å². The minimum Gasteiger partial charge on any atom is -0.493 e. The molecule has 0 bridgehead atoms. The number of amides is 2. The molecule has 2 amide bonds. The van der Waals surface area contributed by atoms with E-state index < -0.39 is 0 Å². The van der Waals surface area contributed by atoms with E-state index in [-0.39, 0.29) is 23.6 Å². The summed E-state index contributed by atoms with van der Waals surface area (Å²) in [5.74, 6) is 1.33. The fraction of sp³-hybridized carbons (Fsp3) is 0.419. The van der Waals surface area contributed by atoms with Crippen molar-refractivity contribution in [3.63, 3.8) is 0 Å². The second-order valence-electron chi connectivity index (χ2n) is 10.2. The number of nitrogens with zero attached hydrogens (tertiary/aromatic N) is 3. The van der Waals surface area contributed by atoms with Crippen LogP contribution >= 0.6 is 0 Å². The first kappa shape index (κ1) is 27.6. The fourth-order valence-corrected chi connectivity index (χ4v) is 5.75. The number of carbonyl (C=O) groups is 2. The fourth-order valence-electron chi connectivity index (χ4n) is 5.75. The van der Waals surface area contributed by atoms with Crippen LogP contribution in [0.3, 0.4) is 0 Å². The monoisotopic (exact) mass is 546 g/mol. The normalized spacial score (nSPS) is 16.1. The van der Waals surface area contributed by atoms with E-state index in [4.69, 9.17) is 13.9 Å². The molecule has 0 saturated carbocycles. The molecule has 2 aliphatic rings. The Bertz CT molecular complexity index is 1320. The summed E-state index contributed by atoms with van der Waals surface area (Å²) in [5.41, 5.74) is 3.98. The third kappa shape index (κ3) is 5.65. The van der Waals surface area contributed by atoms with Gasteiger partial charge in [-0.2, -0.15) is 0 Å². The van der Waals surface area contributed by atoms with E-state index in [0.29, 0.717) is 37.4 Å². The molecule has 9 nitrogen and oxygen atoms in total. The van der Waals surface area contributed by atoms with Gasteiger partial charge in [-0.25, -0.2) is 0 Å². The molecule has 1 N–H and O–H groups in total. The molecule has 1 atom stereocenters. The maximum atomic E-state index is 13.9. The molecule has 9 heteroatoms. The van der Waals surface area contributed by atoms with Gasteiger partial charge in [-0.3, -0.25) is 9.59 Å². The van der Waals surface area contributed by atoms with Crippen molar-refractivity contribution in [2.24, 2.45) is 0 Å². The topological polar surface area (TPSA) is 87.5 Å². The molecule has 212 valence electrons. The van der Waals surface area contributed by atoms with E-state index in [9.17, 15) is 9.59 Å². The number of anilines is 1. The first-order valence-electron chi connectivity index (χ1n) is 14.0. The van der Waals surface area contributed by atoms with Crippen LogP contribution in [0.5, 0.6) is 11.5 Å². The standard InChI is InChI=1S/C31H38N4O5/c1-4-33-15-17-34(18-16-33)26-9-5-8-23-24(26)21-35(31(23)37)25(22-12-13-27(38-2)29(20-22)39-3)10-6-14-32-30(36)28-11-7-19-40-28/h5,7-9,11-13,19-20,25H,4,6,10,14-18,21H2,1-3H3,(H,32,36)/t25-/m1/s1. The predicted molar refractivity (Wildman–Crippen MR) is 153 cm³/mol. The lowest BCUT2D eigenvalue weighted by Crippen LogP contribution is -2.46. The van der Waals surface area contributed by atoms with Crippen molar-refractivity contribution in [3.8, 4) is 11.5 Å². The van der Waals surface area contributed by atoms with Crippen LogP contribution in [0.2, 0.25) is 0 Å². The number of likely N-dealkylation sites (N-methyl/N-ethyl adjacent to an activating group) is 1. The zero-order valence-electron chi connectivity index (χ0n) is 23.5. The summed E-state index contributed by atoms with van der Waals surface area (Å²) in [6, 6.07) is 15.0. The van der Waals surface area contributed by atoms with Crippen LogP contribution < -0.4 is 19.7 Å². The minimum absolute atomic E-state index is 0.0310. The molecular formula is C31H38N4O5. The molecule has 2 aliphatic heterocycles. The Hall–Kier alpha value is -3.98. The number of benzene rings is 2. The first-order valence-corrected chi connectivity index (χ1v) is 14.0. The Balaban J connectivity index is 1.37. The number of methoxy groups -OCH3 is 2. The lowest BCUT2D eigenvalue weighted by atomic mass is 9.99. The maximum absolute atomic E-state index is 13.9. The van der Waals surface area contributed by atoms with Crippen molar-refractivity contribution >= 4 is 17.5 Å². The smallest absolute Gasteiger partial charge is 0.286 e. The van der Waals surface area contributed by atoms with Crippen molar-refractivity contribution in [2.75, 3.05) is 58.4 Å². The van der Waals surface area contributed by atoms with Crippen LogP contribution in [-0.2, 0) is 6.54 Å². The van der Waals surface area contributed by atoms with Crippen LogP contribution in [0.1, 0.15) is 57.8 Å². The van der Waals surface area contributed by atoms with Gasteiger partial charge in [0.25, 0.3) is 11.8 Å². The van der Waals surface area contributed by atoms with E-state index in [1.54, 1.807) is 26.4 Å². The SMILES string of the molecule is CCN1CCN(c2cccc3c2CN([C@H](CCCNC(=O)c2ccco2)c2ccc(OC)c(OC)c2)C3=O)CC1. The average molecular weight is 547 g/mol. The molecule has 40 heavy (non-hydrogen) atoms. The van der Waals surface area contributed by atoms with Gasteiger partial charge in [0.15, 0.2) is 17.3 Å². The van der Waals surface area contributed by atoms with Gasteiger partial charge in [-0.1, -0.05) is 19.1 Å².